The van der Waals surface area contributed by atoms with E-state index in [1.54, 1.807) is 18.3 Å². The average molecular weight is 259 g/mol. The van der Waals surface area contributed by atoms with Crippen LogP contribution in [0.4, 0.5) is 0 Å². The van der Waals surface area contributed by atoms with Gasteiger partial charge in [-0.05, 0) is 29.3 Å². The zero-order valence-electron chi connectivity index (χ0n) is 10.2. The van der Waals surface area contributed by atoms with E-state index in [1.165, 1.54) is 0 Å². The van der Waals surface area contributed by atoms with Gasteiger partial charge in [0.15, 0.2) is 11.5 Å². The molecule has 0 unspecified atom stereocenters. The number of aliphatic hydroxyl groups is 1. The minimum absolute atomic E-state index is 0.0249. The van der Waals surface area contributed by atoms with E-state index in [1.807, 2.05) is 18.2 Å². The lowest BCUT2D eigenvalue weighted by atomic mass is 10.2. The number of hydrogen-bond donors (Lipinski definition) is 1. The molecule has 1 aliphatic rings. The van der Waals surface area contributed by atoms with Gasteiger partial charge in [0.25, 0.3) is 0 Å². The Hall–Kier alpha value is -2.27. The van der Waals surface area contributed by atoms with Crippen molar-refractivity contribution in [2.75, 3.05) is 6.79 Å². The largest absolute Gasteiger partial charge is 0.473 e. The number of aromatic nitrogens is 1. The maximum absolute atomic E-state index is 9.04. The first-order valence-electron chi connectivity index (χ1n) is 5.92. The molecule has 98 valence electrons. The van der Waals surface area contributed by atoms with Crippen LogP contribution in [0.5, 0.6) is 17.4 Å². The van der Waals surface area contributed by atoms with Crippen LogP contribution >= 0.6 is 0 Å². The Morgan fingerprint density at radius 3 is 2.89 bits per heavy atom. The van der Waals surface area contributed by atoms with Crippen molar-refractivity contribution in [1.29, 1.82) is 0 Å². The molecule has 0 atom stereocenters. The highest BCUT2D eigenvalue weighted by molar-refractivity contribution is 5.44. The predicted octanol–water partition coefficient (Wildman–Crippen LogP) is 1.88. The molecule has 1 aliphatic heterocycles. The summed E-state index contributed by atoms with van der Waals surface area (Å²) in [7, 11) is 0. The lowest BCUT2D eigenvalue weighted by molar-refractivity contribution is 0.174. The van der Waals surface area contributed by atoms with Gasteiger partial charge in [-0.25, -0.2) is 4.98 Å². The monoisotopic (exact) mass is 259 g/mol. The molecule has 1 aromatic carbocycles. The highest BCUT2D eigenvalue weighted by Gasteiger charge is 2.13. The molecule has 0 spiro atoms. The molecule has 1 aromatic heterocycles. The smallest absolute Gasteiger partial charge is 0.231 e. The number of benzene rings is 1. The molecule has 5 heteroatoms. The normalized spacial score (nSPS) is 12.5. The fourth-order valence-electron chi connectivity index (χ4n) is 1.82. The van der Waals surface area contributed by atoms with Crippen LogP contribution in [-0.2, 0) is 13.2 Å². The van der Waals surface area contributed by atoms with Crippen LogP contribution in [-0.4, -0.2) is 16.9 Å². The van der Waals surface area contributed by atoms with Crippen molar-refractivity contribution in [3.63, 3.8) is 0 Å². The number of ether oxygens (including phenoxy) is 3. The molecule has 1 N–H and O–H groups in total. The van der Waals surface area contributed by atoms with Crippen molar-refractivity contribution in [1.82, 2.24) is 4.98 Å². The molecule has 0 aliphatic carbocycles. The third-order valence-corrected chi connectivity index (χ3v) is 2.81. The van der Waals surface area contributed by atoms with Gasteiger partial charge in [0.1, 0.15) is 6.61 Å². The first-order chi connectivity index (χ1) is 9.35. The first-order valence-corrected chi connectivity index (χ1v) is 5.92. The summed E-state index contributed by atoms with van der Waals surface area (Å²) in [6, 6.07) is 9.13. The number of aliphatic hydroxyl groups excluding tert-OH is 1. The minimum Gasteiger partial charge on any atom is -0.473 e. The van der Waals surface area contributed by atoms with Crippen LogP contribution in [0.2, 0.25) is 0 Å². The van der Waals surface area contributed by atoms with Gasteiger partial charge < -0.3 is 19.3 Å². The number of pyridine rings is 1. The summed E-state index contributed by atoms with van der Waals surface area (Å²) in [5.41, 5.74) is 1.75. The van der Waals surface area contributed by atoms with Crippen LogP contribution in [0, 0.1) is 0 Å². The van der Waals surface area contributed by atoms with Crippen molar-refractivity contribution in [3.05, 3.63) is 47.7 Å². The maximum atomic E-state index is 9.04. The van der Waals surface area contributed by atoms with Gasteiger partial charge in [-0.1, -0.05) is 6.07 Å². The molecule has 0 fully saturated rings. The van der Waals surface area contributed by atoms with E-state index in [2.05, 4.69) is 4.98 Å². The molecular formula is C14H13NO4. The summed E-state index contributed by atoms with van der Waals surface area (Å²) in [6.07, 6.45) is 1.61. The molecule has 2 heterocycles. The Morgan fingerprint density at radius 1 is 1.11 bits per heavy atom. The van der Waals surface area contributed by atoms with Gasteiger partial charge in [0, 0.05) is 12.3 Å². The Bertz CT molecular complexity index is 585. The summed E-state index contributed by atoms with van der Waals surface area (Å²) in [6.45, 7) is 0.626. The van der Waals surface area contributed by atoms with E-state index in [0.29, 0.717) is 12.5 Å². The molecular weight excluding hydrogens is 246 g/mol. The Labute approximate surface area is 110 Å². The zero-order valence-corrected chi connectivity index (χ0v) is 10.2. The van der Waals surface area contributed by atoms with E-state index in [0.717, 1.165) is 22.6 Å². The van der Waals surface area contributed by atoms with Crippen molar-refractivity contribution in [2.45, 2.75) is 13.2 Å². The van der Waals surface area contributed by atoms with Crippen LogP contribution in [0.1, 0.15) is 11.1 Å². The fourth-order valence-corrected chi connectivity index (χ4v) is 1.82. The average Bonchev–Trinajstić information content (AvgIpc) is 2.93. The number of rotatable bonds is 4. The van der Waals surface area contributed by atoms with Crippen LogP contribution in [0.25, 0.3) is 0 Å². The summed E-state index contributed by atoms with van der Waals surface area (Å²) < 4.78 is 16.1. The van der Waals surface area contributed by atoms with Gasteiger partial charge >= 0.3 is 0 Å². The first kappa shape index (κ1) is 11.8. The van der Waals surface area contributed by atoms with Gasteiger partial charge in [0.2, 0.25) is 12.7 Å². The minimum atomic E-state index is -0.0249. The van der Waals surface area contributed by atoms with Gasteiger partial charge in [-0.15, -0.1) is 0 Å². The summed E-state index contributed by atoms with van der Waals surface area (Å²) >= 11 is 0. The summed E-state index contributed by atoms with van der Waals surface area (Å²) in [5, 5.41) is 9.04. The number of fused-ring (bicyclic) bond motifs is 1. The SMILES string of the molecule is OCc1ccnc(OCc2ccc3c(c2)OCO3)c1. The molecule has 0 radical (unpaired) electrons. The Morgan fingerprint density at radius 2 is 2.00 bits per heavy atom. The maximum Gasteiger partial charge on any atom is 0.231 e. The van der Waals surface area contributed by atoms with Gasteiger partial charge in [-0.3, -0.25) is 0 Å². The van der Waals surface area contributed by atoms with Crippen molar-refractivity contribution in [3.8, 4) is 17.4 Å². The lowest BCUT2D eigenvalue weighted by Crippen LogP contribution is -1.98. The standard InChI is InChI=1S/C14H13NO4/c16-7-10-3-4-15-14(6-10)17-8-11-1-2-12-13(5-11)19-9-18-12/h1-6,16H,7-9H2. The predicted molar refractivity (Wildman–Crippen MR) is 67.1 cm³/mol. The van der Waals surface area contributed by atoms with Crippen molar-refractivity contribution >= 4 is 0 Å². The molecule has 2 aromatic rings. The highest BCUT2D eigenvalue weighted by atomic mass is 16.7. The zero-order chi connectivity index (χ0) is 13.1. The van der Waals surface area contributed by atoms with Gasteiger partial charge in [0.05, 0.1) is 6.61 Å². The molecule has 0 bridgehead atoms. The molecule has 5 nitrogen and oxygen atoms in total. The topological polar surface area (TPSA) is 60.8 Å². The van der Waals surface area contributed by atoms with Crippen LogP contribution < -0.4 is 14.2 Å². The van der Waals surface area contributed by atoms with Crippen LogP contribution in [0.3, 0.4) is 0 Å². The third-order valence-electron chi connectivity index (χ3n) is 2.81. The number of hydrogen-bond acceptors (Lipinski definition) is 5. The molecule has 3 rings (SSSR count). The molecule has 19 heavy (non-hydrogen) atoms. The van der Waals surface area contributed by atoms with Crippen LogP contribution in [0.15, 0.2) is 36.5 Å². The second-order valence-electron chi connectivity index (χ2n) is 4.14. The quantitative estimate of drug-likeness (QED) is 0.908. The summed E-state index contributed by atoms with van der Waals surface area (Å²) in [5.74, 6) is 1.98. The van der Waals surface area contributed by atoms with Gasteiger partial charge in [-0.2, -0.15) is 0 Å². The van der Waals surface area contributed by atoms with E-state index in [4.69, 9.17) is 19.3 Å². The Kier molecular flexibility index (Phi) is 3.20. The Balaban J connectivity index is 1.68. The van der Waals surface area contributed by atoms with E-state index in [9.17, 15) is 0 Å². The van der Waals surface area contributed by atoms with E-state index >= 15 is 0 Å². The highest BCUT2D eigenvalue weighted by Crippen LogP contribution is 2.32. The fraction of sp³-hybridized carbons (Fsp3) is 0.214. The molecule has 0 saturated carbocycles. The molecule has 0 saturated heterocycles. The second kappa shape index (κ2) is 5.16. The molecule has 0 amide bonds. The van der Waals surface area contributed by atoms with Crippen molar-refractivity contribution in [2.24, 2.45) is 0 Å². The second-order valence-corrected chi connectivity index (χ2v) is 4.14. The van der Waals surface area contributed by atoms with E-state index in [-0.39, 0.29) is 13.4 Å². The number of nitrogens with zero attached hydrogens (tertiary/aromatic N) is 1. The van der Waals surface area contributed by atoms with Crippen molar-refractivity contribution < 1.29 is 19.3 Å². The van der Waals surface area contributed by atoms with E-state index < -0.39 is 0 Å². The lowest BCUT2D eigenvalue weighted by Gasteiger charge is -2.07. The summed E-state index contributed by atoms with van der Waals surface area (Å²) in [4.78, 5) is 4.09. The third kappa shape index (κ3) is 2.61.